The minimum Gasteiger partial charge on any atom is -0.497 e. The minimum absolute atomic E-state index is 0.0997. The number of benzene rings is 1. The van der Waals surface area contributed by atoms with E-state index in [-0.39, 0.29) is 18.2 Å². The van der Waals surface area contributed by atoms with Gasteiger partial charge in [-0.25, -0.2) is 0 Å². The lowest BCUT2D eigenvalue weighted by Crippen LogP contribution is -2.32. The molecule has 5 heteroatoms. The van der Waals surface area contributed by atoms with E-state index < -0.39 is 0 Å². The molecule has 0 aliphatic carbocycles. The molecule has 0 aromatic heterocycles. The minimum atomic E-state index is -0.216. The molecule has 17 heavy (non-hydrogen) atoms. The molecule has 0 spiro atoms. The molecule has 1 aromatic rings. The number of carbonyl (C=O) groups excluding carboxylic acids is 1. The second kappa shape index (κ2) is 6.77. The largest absolute Gasteiger partial charge is 0.497 e. The van der Waals surface area contributed by atoms with Crippen LogP contribution in [0.1, 0.15) is 6.42 Å². The van der Waals surface area contributed by atoms with E-state index in [0.717, 1.165) is 0 Å². The fraction of sp³-hybridized carbons (Fsp3) is 0.333. The second-order valence-electron chi connectivity index (χ2n) is 3.29. The van der Waals surface area contributed by atoms with E-state index in [1.165, 1.54) is 4.90 Å². The summed E-state index contributed by atoms with van der Waals surface area (Å²) in [5.74, 6) is 0.400. The smallest absolute Gasteiger partial charge is 0.241 e. The summed E-state index contributed by atoms with van der Waals surface area (Å²) in [6.45, 7) is 0.342. The van der Waals surface area contributed by atoms with Crippen LogP contribution in [0.2, 0.25) is 0 Å². The monoisotopic (exact) mass is 252 g/mol. The molecule has 1 amide bonds. The van der Waals surface area contributed by atoms with Gasteiger partial charge in [0.25, 0.3) is 0 Å². The van der Waals surface area contributed by atoms with Crippen LogP contribution in [0.15, 0.2) is 24.3 Å². The maximum Gasteiger partial charge on any atom is 0.241 e. The summed E-state index contributed by atoms with van der Waals surface area (Å²) in [6.07, 6.45) is 0.272. The summed E-state index contributed by atoms with van der Waals surface area (Å²) in [7, 11) is 1.58. The number of hydrogen-bond acceptors (Lipinski definition) is 3. The molecule has 0 unspecified atom stereocenters. The van der Waals surface area contributed by atoms with Gasteiger partial charge in [0.05, 0.1) is 19.6 Å². The van der Waals surface area contributed by atoms with Crippen LogP contribution < -0.4 is 9.64 Å². The summed E-state index contributed by atoms with van der Waals surface area (Å²) >= 11 is 5.54. The number of alkyl halides is 1. The van der Waals surface area contributed by atoms with Gasteiger partial charge in [-0.15, -0.1) is 11.6 Å². The van der Waals surface area contributed by atoms with E-state index in [1.54, 1.807) is 31.4 Å². The molecule has 0 aliphatic heterocycles. The van der Waals surface area contributed by atoms with Gasteiger partial charge in [0.15, 0.2) is 0 Å². The van der Waals surface area contributed by atoms with Crippen molar-refractivity contribution in [2.75, 3.05) is 24.4 Å². The highest BCUT2D eigenvalue weighted by Crippen LogP contribution is 2.19. The Hall–Kier alpha value is -1.73. The summed E-state index contributed by atoms with van der Waals surface area (Å²) in [6, 6.07) is 9.06. The van der Waals surface area contributed by atoms with Crippen molar-refractivity contribution in [2.24, 2.45) is 0 Å². The van der Waals surface area contributed by atoms with Gasteiger partial charge in [0, 0.05) is 12.2 Å². The van der Waals surface area contributed by atoms with E-state index in [4.69, 9.17) is 21.6 Å². The van der Waals surface area contributed by atoms with Crippen molar-refractivity contribution in [1.29, 1.82) is 5.26 Å². The molecule has 0 bridgehead atoms. The van der Waals surface area contributed by atoms with Crippen LogP contribution in [0.4, 0.5) is 5.69 Å². The molecule has 0 radical (unpaired) electrons. The van der Waals surface area contributed by atoms with Crippen LogP contribution in [0.25, 0.3) is 0 Å². The van der Waals surface area contributed by atoms with Crippen molar-refractivity contribution in [3.05, 3.63) is 24.3 Å². The van der Waals surface area contributed by atoms with Gasteiger partial charge in [-0.3, -0.25) is 4.79 Å². The first-order valence-corrected chi connectivity index (χ1v) is 5.63. The lowest BCUT2D eigenvalue weighted by atomic mass is 10.2. The molecule has 0 saturated heterocycles. The first-order chi connectivity index (χ1) is 8.22. The van der Waals surface area contributed by atoms with Crippen molar-refractivity contribution >= 4 is 23.2 Å². The SMILES string of the molecule is COc1ccc(N(CCC#N)C(=O)CCl)cc1. The standard InChI is InChI=1S/C12H13ClN2O2/c1-17-11-5-3-10(4-6-11)15(8-2-7-14)12(16)9-13/h3-6H,2,8-9H2,1H3. The van der Waals surface area contributed by atoms with Gasteiger partial charge in [0.2, 0.25) is 5.91 Å². The lowest BCUT2D eigenvalue weighted by molar-refractivity contribution is -0.116. The molecule has 4 nitrogen and oxygen atoms in total. The normalized spacial score (nSPS) is 9.47. The molecule has 0 heterocycles. The molecular formula is C12H13ClN2O2. The van der Waals surface area contributed by atoms with Gasteiger partial charge in [-0.05, 0) is 24.3 Å². The number of amides is 1. The molecule has 1 aromatic carbocycles. The highest BCUT2D eigenvalue weighted by molar-refractivity contribution is 6.29. The number of carbonyl (C=O) groups is 1. The number of halogens is 1. The van der Waals surface area contributed by atoms with Gasteiger partial charge in [0.1, 0.15) is 11.6 Å². The number of ether oxygens (including phenoxy) is 1. The average molecular weight is 253 g/mol. The molecule has 90 valence electrons. The predicted octanol–water partition coefficient (Wildman–Crippen LogP) is 2.18. The topological polar surface area (TPSA) is 53.3 Å². The Labute approximate surface area is 105 Å². The van der Waals surface area contributed by atoms with Crippen LogP contribution in [-0.4, -0.2) is 25.4 Å². The fourth-order valence-corrected chi connectivity index (χ4v) is 1.54. The van der Waals surface area contributed by atoms with Crippen LogP contribution in [0, 0.1) is 11.3 Å². The number of hydrogen-bond donors (Lipinski definition) is 0. The third-order valence-corrected chi connectivity index (χ3v) is 2.48. The van der Waals surface area contributed by atoms with E-state index in [1.807, 2.05) is 6.07 Å². The Balaban J connectivity index is 2.88. The van der Waals surface area contributed by atoms with Crippen molar-refractivity contribution in [1.82, 2.24) is 0 Å². The summed E-state index contributed by atoms with van der Waals surface area (Å²) in [5, 5.41) is 8.56. The fourth-order valence-electron chi connectivity index (χ4n) is 1.39. The summed E-state index contributed by atoms with van der Waals surface area (Å²) in [4.78, 5) is 13.1. The van der Waals surface area contributed by atoms with Crippen LogP contribution in [-0.2, 0) is 4.79 Å². The molecule has 0 N–H and O–H groups in total. The Morgan fingerprint density at radius 1 is 1.47 bits per heavy atom. The number of nitriles is 1. The zero-order valence-electron chi connectivity index (χ0n) is 9.52. The van der Waals surface area contributed by atoms with Crippen molar-refractivity contribution in [3.8, 4) is 11.8 Å². The molecule has 0 fully saturated rings. The third kappa shape index (κ3) is 3.65. The zero-order chi connectivity index (χ0) is 12.7. The van der Waals surface area contributed by atoms with E-state index >= 15 is 0 Å². The molecular weight excluding hydrogens is 240 g/mol. The van der Waals surface area contributed by atoms with Crippen molar-refractivity contribution < 1.29 is 9.53 Å². The van der Waals surface area contributed by atoms with E-state index in [0.29, 0.717) is 18.0 Å². The Morgan fingerprint density at radius 2 is 2.12 bits per heavy atom. The molecule has 1 rings (SSSR count). The maximum absolute atomic E-state index is 11.6. The van der Waals surface area contributed by atoms with E-state index in [9.17, 15) is 4.79 Å². The zero-order valence-corrected chi connectivity index (χ0v) is 10.3. The quantitative estimate of drug-likeness (QED) is 0.755. The lowest BCUT2D eigenvalue weighted by Gasteiger charge is -2.20. The van der Waals surface area contributed by atoms with Crippen LogP contribution in [0.5, 0.6) is 5.75 Å². The Morgan fingerprint density at radius 3 is 2.59 bits per heavy atom. The molecule has 0 aliphatic rings. The number of anilines is 1. The van der Waals surface area contributed by atoms with Crippen LogP contribution >= 0.6 is 11.6 Å². The second-order valence-corrected chi connectivity index (χ2v) is 3.55. The Kier molecular flexibility index (Phi) is 5.31. The number of rotatable bonds is 5. The van der Waals surface area contributed by atoms with Gasteiger partial charge in [-0.2, -0.15) is 5.26 Å². The predicted molar refractivity (Wildman–Crippen MR) is 66.3 cm³/mol. The molecule has 0 atom stereocenters. The number of methoxy groups -OCH3 is 1. The third-order valence-electron chi connectivity index (χ3n) is 2.25. The van der Waals surface area contributed by atoms with Gasteiger partial charge < -0.3 is 9.64 Å². The van der Waals surface area contributed by atoms with Crippen molar-refractivity contribution in [3.63, 3.8) is 0 Å². The molecule has 0 saturated carbocycles. The number of nitrogens with zero attached hydrogens (tertiary/aromatic N) is 2. The highest BCUT2D eigenvalue weighted by Gasteiger charge is 2.14. The average Bonchev–Trinajstić information content (AvgIpc) is 2.39. The summed E-state index contributed by atoms with van der Waals surface area (Å²) < 4.78 is 5.04. The van der Waals surface area contributed by atoms with E-state index in [2.05, 4.69) is 0 Å². The van der Waals surface area contributed by atoms with Crippen LogP contribution in [0.3, 0.4) is 0 Å². The first kappa shape index (κ1) is 13.3. The van der Waals surface area contributed by atoms with Gasteiger partial charge >= 0.3 is 0 Å². The summed E-state index contributed by atoms with van der Waals surface area (Å²) in [5.41, 5.74) is 0.715. The maximum atomic E-state index is 11.6. The van der Waals surface area contributed by atoms with Crippen molar-refractivity contribution in [2.45, 2.75) is 6.42 Å². The highest BCUT2D eigenvalue weighted by atomic mass is 35.5. The Bertz CT molecular complexity index is 412. The first-order valence-electron chi connectivity index (χ1n) is 5.10. The van der Waals surface area contributed by atoms with Gasteiger partial charge in [-0.1, -0.05) is 0 Å².